The molecule has 0 fully saturated rings. The first-order chi connectivity index (χ1) is 11.4. The van der Waals surface area contributed by atoms with E-state index in [1.54, 1.807) is 22.8 Å². The maximum atomic E-state index is 12.1. The zero-order valence-corrected chi connectivity index (χ0v) is 14.2. The fourth-order valence-corrected chi connectivity index (χ4v) is 3.94. The van der Waals surface area contributed by atoms with Crippen LogP contribution in [0.3, 0.4) is 0 Å². The van der Waals surface area contributed by atoms with Gasteiger partial charge in [-0.3, -0.25) is 4.79 Å². The Hall–Kier alpha value is -2.63. The van der Waals surface area contributed by atoms with Gasteiger partial charge in [0.05, 0.1) is 27.9 Å². The molecule has 0 aliphatic carbocycles. The van der Waals surface area contributed by atoms with Crippen LogP contribution in [0.4, 0.5) is 0 Å². The molecule has 2 aromatic heterocycles. The number of aromatic nitrogens is 1. The van der Waals surface area contributed by atoms with Crippen LogP contribution in [0.5, 0.6) is 0 Å². The Kier molecular flexibility index (Phi) is 4.13. The Morgan fingerprint density at radius 1 is 1.42 bits per heavy atom. The van der Waals surface area contributed by atoms with Crippen LogP contribution in [-0.4, -0.2) is 25.1 Å². The van der Waals surface area contributed by atoms with Gasteiger partial charge in [-0.05, 0) is 30.3 Å². The summed E-state index contributed by atoms with van der Waals surface area (Å²) in [6, 6.07) is 7.85. The number of nitrogens with zero attached hydrogens (tertiary/aromatic N) is 2. The van der Waals surface area contributed by atoms with Crippen molar-refractivity contribution in [3.63, 3.8) is 0 Å². The monoisotopic (exact) mass is 360 g/mol. The van der Waals surface area contributed by atoms with E-state index in [1.165, 1.54) is 29.7 Å². The van der Waals surface area contributed by atoms with E-state index in [9.17, 15) is 13.2 Å². The molecule has 122 valence electrons. The lowest BCUT2D eigenvalue weighted by Gasteiger charge is -2.01. The van der Waals surface area contributed by atoms with Gasteiger partial charge in [-0.15, -0.1) is 6.42 Å². The molecule has 0 saturated heterocycles. The first-order valence-electron chi connectivity index (χ1n) is 6.79. The number of fused-ring (bicyclic) bond motifs is 1. The first kappa shape index (κ1) is 16.2. The number of furan rings is 1. The van der Waals surface area contributed by atoms with Crippen molar-refractivity contribution in [1.29, 1.82) is 0 Å². The van der Waals surface area contributed by atoms with Crippen LogP contribution in [0.15, 0.2) is 50.9 Å². The number of benzene rings is 1. The maximum absolute atomic E-state index is 12.1. The number of terminal acetylenes is 1. The highest BCUT2D eigenvalue weighted by molar-refractivity contribution is 7.90. The Morgan fingerprint density at radius 3 is 2.83 bits per heavy atom. The lowest BCUT2D eigenvalue weighted by Crippen LogP contribution is -2.16. The summed E-state index contributed by atoms with van der Waals surface area (Å²) in [6.07, 6.45) is 7.93. The van der Waals surface area contributed by atoms with Gasteiger partial charge in [0.2, 0.25) is 0 Å². The molecule has 0 aliphatic rings. The third-order valence-corrected chi connectivity index (χ3v) is 5.41. The Balaban J connectivity index is 2.22. The molecular formula is C16H12N2O4S2. The molecule has 0 bridgehead atoms. The maximum Gasteiger partial charge on any atom is 0.315 e. The van der Waals surface area contributed by atoms with Crippen molar-refractivity contribution in [3.8, 4) is 12.3 Å². The number of sulfone groups is 1. The number of carbonyl (C=O) groups is 1. The van der Waals surface area contributed by atoms with Gasteiger partial charge in [-0.25, -0.2) is 8.42 Å². The van der Waals surface area contributed by atoms with Crippen LogP contribution in [0.2, 0.25) is 0 Å². The second-order valence-corrected chi connectivity index (χ2v) is 8.00. The average molecular weight is 360 g/mol. The van der Waals surface area contributed by atoms with Gasteiger partial charge >= 0.3 is 5.91 Å². The molecular weight excluding hydrogens is 348 g/mol. The minimum absolute atomic E-state index is 0.122. The van der Waals surface area contributed by atoms with Gasteiger partial charge in [0.1, 0.15) is 0 Å². The smallest absolute Gasteiger partial charge is 0.315 e. The summed E-state index contributed by atoms with van der Waals surface area (Å²) in [5.41, 5.74) is 0.719. The van der Waals surface area contributed by atoms with Crippen LogP contribution < -0.4 is 4.80 Å². The minimum atomic E-state index is -3.32. The molecule has 0 aliphatic heterocycles. The zero-order chi connectivity index (χ0) is 17.3. The third-order valence-electron chi connectivity index (χ3n) is 3.26. The molecule has 1 aromatic carbocycles. The van der Waals surface area contributed by atoms with E-state index in [-0.39, 0.29) is 17.2 Å². The molecule has 6 nitrogen and oxygen atoms in total. The number of thiazole rings is 1. The number of amides is 1. The molecule has 1 amide bonds. The topological polar surface area (TPSA) is 81.6 Å². The molecule has 0 N–H and O–H groups in total. The minimum Gasteiger partial charge on any atom is -0.459 e. The summed E-state index contributed by atoms with van der Waals surface area (Å²) in [5.74, 6) is 2.11. The van der Waals surface area contributed by atoms with Crippen molar-refractivity contribution >= 4 is 37.3 Å². The average Bonchev–Trinajstić information content (AvgIpc) is 3.15. The lowest BCUT2D eigenvalue weighted by atomic mass is 10.3. The highest BCUT2D eigenvalue weighted by atomic mass is 32.2. The number of carbonyl (C=O) groups excluding carboxylic acids is 1. The second kappa shape index (κ2) is 6.11. The summed E-state index contributed by atoms with van der Waals surface area (Å²) in [6.45, 7) is 0.211. The second-order valence-electron chi connectivity index (χ2n) is 4.97. The number of rotatable bonds is 3. The number of hydrogen-bond acceptors (Lipinski definition) is 5. The van der Waals surface area contributed by atoms with Gasteiger partial charge < -0.3 is 8.98 Å². The Bertz CT molecular complexity index is 1130. The van der Waals surface area contributed by atoms with Crippen molar-refractivity contribution in [2.45, 2.75) is 11.4 Å². The van der Waals surface area contributed by atoms with Gasteiger partial charge in [-0.2, -0.15) is 4.99 Å². The van der Waals surface area contributed by atoms with E-state index < -0.39 is 15.7 Å². The van der Waals surface area contributed by atoms with Crippen LogP contribution in [0.1, 0.15) is 10.6 Å². The standard InChI is InChI=1S/C16H12N2O4S2/c1-3-8-18-12-7-6-11(24(2,20)21)10-14(12)23-16(18)17-15(19)13-5-4-9-22-13/h1,4-7,9-10H,8H2,2H3. The summed E-state index contributed by atoms with van der Waals surface area (Å²) < 4.78 is 30.8. The highest BCUT2D eigenvalue weighted by Gasteiger charge is 2.13. The Labute approximate surface area is 142 Å². The summed E-state index contributed by atoms with van der Waals surface area (Å²) >= 11 is 1.19. The molecule has 0 spiro atoms. The van der Waals surface area contributed by atoms with Crippen molar-refractivity contribution < 1.29 is 17.6 Å². The van der Waals surface area contributed by atoms with E-state index in [0.29, 0.717) is 9.50 Å². The predicted octanol–water partition coefficient (Wildman–Crippen LogP) is 2.07. The van der Waals surface area contributed by atoms with Gasteiger partial charge in [0, 0.05) is 6.26 Å². The first-order valence-corrected chi connectivity index (χ1v) is 9.50. The summed E-state index contributed by atoms with van der Waals surface area (Å²) in [5, 5.41) is 0. The molecule has 24 heavy (non-hydrogen) atoms. The van der Waals surface area contributed by atoms with Gasteiger partial charge in [0.15, 0.2) is 20.4 Å². The summed E-state index contributed by atoms with van der Waals surface area (Å²) in [7, 11) is -3.32. The van der Waals surface area contributed by atoms with Crippen molar-refractivity contribution in [1.82, 2.24) is 4.57 Å². The van der Waals surface area contributed by atoms with Crippen molar-refractivity contribution in [3.05, 3.63) is 47.2 Å². The molecule has 3 rings (SSSR count). The largest absolute Gasteiger partial charge is 0.459 e. The van der Waals surface area contributed by atoms with Crippen LogP contribution in [0, 0.1) is 12.3 Å². The summed E-state index contributed by atoms with van der Waals surface area (Å²) in [4.78, 5) is 16.8. The van der Waals surface area contributed by atoms with E-state index in [2.05, 4.69) is 10.9 Å². The van der Waals surface area contributed by atoms with E-state index in [1.807, 2.05) is 0 Å². The van der Waals surface area contributed by atoms with E-state index >= 15 is 0 Å². The molecule has 2 heterocycles. The lowest BCUT2D eigenvalue weighted by molar-refractivity contribution is 0.0971. The quantitative estimate of drug-likeness (QED) is 0.670. The normalized spacial score (nSPS) is 12.4. The molecule has 3 aromatic rings. The van der Waals surface area contributed by atoms with E-state index in [0.717, 1.165) is 11.8 Å². The molecule has 0 atom stereocenters. The third kappa shape index (κ3) is 3.04. The number of hydrogen-bond donors (Lipinski definition) is 0. The predicted molar refractivity (Wildman–Crippen MR) is 90.4 cm³/mol. The van der Waals surface area contributed by atoms with Crippen LogP contribution in [0.25, 0.3) is 10.2 Å². The fraction of sp³-hybridized carbons (Fsp3) is 0.125. The van der Waals surface area contributed by atoms with Crippen LogP contribution >= 0.6 is 11.3 Å². The van der Waals surface area contributed by atoms with Gasteiger partial charge in [-0.1, -0.05) is 17.3 Å². The van der Waals surface area contributed by atoms with E-state index in [4.69, 9.17) is 10.8 Å². The molecule has 0 radical (unpaired) electrons. The van der Waals surface area contributed by atoms with Crippen molar-refractivity contribution in [2.24, 2.45) is 4.99 Å². The molecule has 8 heteroatoms. The Morgan fingerprint density at radius 2 is 2.21 bits per heavy atom. The van der Waals surface area contributed by atoms with Crippen LogP contribution in [-0.2, 0) is 16.4 Å². The fourth-order valence-electron chi connectivity index (χ4n) is 2.16. The molecule has 0 saturated carbocycles. The zero-order valence-electron chi connectivity index (χ0n) is 12.6. The van der Waals surface area contributed by atoms with Gasteiger partial charge in [0.25, 0.3) is 0 Å². The highest BCUT2D eigenvalue weighted by Crippen LogP contribution is 2.22. The van der Waals surface area contributed by atoms with Crippen molar-refractivity contribution in [2.75, 3.05) is 6.26 Å². The SMILES string of the molecule is C#CCn1c(=NC(=O)c2ccco2)sc2cc(S(C)(=O)=O)ccc21. The molecule has 0 unspecified atom stereocenters.